The minimum absolute atomic E-state index is 0.104. The van der Waals surface area contributed by atoms with E-state index in [1.807, 2.05) is 32.0 Å². The second-order valence-corrected chi connectivity index (χ2v) is 4.28. The van der Waals surface area contributed by atoms with E-state index < -0.39 is 0 Å². The predicted molar refractivity (Wildman–Crippen MR) is 73.0 cm³/mol. The normalized spacial score (nSPS) is 10.2. The Morgan fingerprint density at radius 2 is 2.20 bits per heavy atom. The summed E-state index contributed by atoms with van der Waals surface area (Å²) in [6, 6.07) is 5.93. The molecule has 2 aromatic rings. The third kappa shape index (κ3) is 3.47. The van der Waals surface area contributed by atoms with Crippen molar-refractivity contribution < 1.29 is 14.3 Å². The molecule has 0 radical (unpaired) electrons. The largest absolute Gasteiger partial charge is 0.483 e. The first kappa shape index (κ1) is 13.9. The SMILES string of the molecule is COc1n[nH]c(NC(=O)COc2ccc(C)cc2C)n1. The van der Waals surface area contributed by atoms with Gasteiger partial charge in [0.15, 0.2) is 6.61 Å². The van der Waals surface area contributed by atoms with Crippen LogP contribution < -0.4 is 14.8 Å². The summed E-state index contributed by atoms with van der Waals surface area (Å²) in [6.45, 7) is 3.83. The molecule has 0 aliphatic rings. The number of methoxy groups -OCH3 is 1. The van der Waals surface area contributed by atoms with Crippen LogP contribution in [0.3, 0.4) is 0 Å². The first-order valence-electron chi connectivity index (χ1n) is 6.05. The average Bonchev–Trinajstić information content (AvgIpc) is 2.85. The van der Waals surface area contributed by atoms with Crippen LogP contribution in [-0.4, -0.2) is 34.8 Å². The highest BCUT2D eigenvalue weighted by atomic mass is 16.5. The van der Waals surface area contributed by atoms with Crippen molar-refractivity contribution in [3.63, 3.8) is 0 Å². The Balaban J connectivity index is 1.88. The number of hydrogen-bond donors (Lipinski definition) is 2. The van der Waals surface area contributed by atoms with Gasteiger partial charge >= 0.3 is 6.01 Å². The Labute approximate surface area is 116 Å². The molecule has 1 aromatic heterocycles. The summed E-state index contributed by atoms with van der Waals surface area (Å²) in [4.78, 5) is 15.6. The summed E-state index contributed by atoms with van der Waals surface area (Å²) in [5.41, 5.74) is 2.13. The average molecular weight is 276 g/mol. The number of benzene rings is 1. The Bertz CT molecular complexity index is 609. The molecule has 7 heteroatoms. The zero-order valence-corrected chi connectivity index (χ0v) is 11.6. The summed E-state index contributed by atoms with van der Waals surface area (Å²) in [5.74, 6) is 0.570. The fraction of sp³-hybridized carbons (Fsp3) is 0.308. The second-order valence-electron chi connectivity index (χ2n) is 4.28. The van der Waals surface area contributed by atoms with Crippen LogP contribution >= 0.6 is 0 Å². The number of ether oxygens (including phenoxy) is 2. The van der Waals surface area contributed by atoms with E-state index >= 15 is 0 Å². The Morgan fingerprint density at radius 3 is 2.85 bits per heavy atom. The van der Waals surface area contributed by atoms with Crippen LogP contribution in [0.15, 0.2) is 18.2 Å². The number of H-pyrrole nitrogens is 1. The number of amides is 1. The number of aromatic nitrogens is 3. The molecule has 0 atom stereocenters. The third-order valence-corrected chi connectivity index (χ3v) is 2.59. The van der Waals surface area contributed by atoms with Crippen LogP contribution in [0.1, 0.15) is 11.1 Å². The molecule has 0 spiro atoms. The van der Waals surface area contributed by atoms with Gasteiger partial charge < -0.3 is 9.47 Å². The molecular formula is C13H16N4O3. The molecule has 0 saturated carbocycles. The molecule has 1 aromatic carbocycles. The molecule has 2 N–H and O–H groups in total. The molecule has 0 aliphatic heterocycles. The topological polar surface area (TPSA) is 89.1 Å². The molecule has 0 fully saturated rings. The number of anilines is 1. The zero-order valence-electron chi connectivity index (χ0n) is 11.6. The molecule has 106 valence electrons. The summed E-state index contributed by atoms with van der Waals surface area (Å²) in [5, 5.41) is 8.77. The first-order chi connectivity index (χ1) is 9.58. The molecule has 2 rings (SSSR count). The molecular weight excluding hydrogens is 260 g/mol. The standard InChI is InChI=1S/C13H16N4O3/c1-8-4-5-10(9(2)6-8)20-7-11(18)14-12-15-13(19-3)17-16-12/h4-6H,7H2,1-3H3,(H2,14,15,16,17,18). The monoisotopic (exact) mass is 276 g/mol. The lowest BCUT2D eigenvalue weighted by Gasteiger charge is -2.09. The minimum atomic E-state index is -0.330. The van der Waals surface area contributed by atoms with Crippen LogP contribution in [0.5, 0.6) is 11.8 Å². The summed E-state index contributed by atoms with van der Waals surface area (Å²) >= 11 is 0. The Hall–Kier alpha value is -2.57. The van der Waals surface area contributed by atoms with E-state index in [1.165, 1.54) is 7.11 Å². The quantitative estimate of drug-likeness (QED) is 0.862. The maximum absolute atomic E-state index is 11.7. The van der Waals surface area contributed by atoms with Gasteiger partial charge in [0.2, 0.25) is 5.95 Å². The van der Waals surface area contributed by atoms with Gasteiger partial charge in [-0.3, -0.25) is 10.1 Å². The van der Waals surface area contributed by atoms with Crippen molar-refractivity contribution in [2.45, 2.75) is 13.8 Å². The van der Waals surface area contributed by atoms with Gasteiger partial charge in [-0.1, -0.05) is 17.7 Å². The number of hydrogen-bond acceptors (Lipinski definition) is 5. The van der Waals surface area contributed by atoms with Crippen LogP contribution in [0, 0.1) is 13.8 Å². The molecule has 0 bridgehead atoms. The second kappa shape index (κ2) is 6.05. The molecule has 0 saturated heterocycles. The van der Waals surface area contributed by atoms with Crippen molar-refractivity contribution >= 4 is 11.9 Å². The van der Waals surface area contributed by atoms with E-state index in [0.717, 1.165) is 11.1 Å². The number of nitrogens with one attached hydrogen (secondary N) is 2. The van der Waals surface area contributed by atoms with Crippen molar-refractivity contribution in [1.82, 2.24) is 15.2 Å². The molecule has 20 heavy (non-hydrogen) atoms. The summed E-state index contributed by atoms with van der Waals surface area (Å²) < 4.78 is 10.3. The van der Waals surface area contributed by atoms with E-state index in [4.69, 9.17) is 9.47 Å². The lowest BCUT2D eigenvalue weighted by atomic mass is 10.1. The number of aromatic amines is 1. The van der Waals surface area contributed by atoms with Crippen LogP contribution in [-0.2, 0) is 4.79 Å². The van der Waals surface area contributed by atoms with Crippen molar-refractivity contribution in [3.8, 4) is 11.8 Å². The van der Waals surface area contributed by atoms with Gasteiger partial charge in [-0.05, 0) is 25.5 Å². The van der Waals surface area contributed by atoms with E-state index in [1.54, 1.807) is 0 Å². The minimum Gasteiger partial charge on any atom is -0.483 e. The summed E-state index contributed by atoms with van der Waals surface area (Å²) in [6.07, 6.45) is 0. The van der Waals surface area contributed by atoms with Gasteiger partial charge in [0, 0.05) is 0 Å². The summed E-state index contributed by atoms with van der Waals surface area (Å²) in [7, 11) is 1.44. The van der Waals surface area contributed by atoms with E-state index in [9.17, 15) is 4.79 Å². The smallest absolute Gasteiger partial charge is 0.336 e. The van der Waals surface area contributed by atoms with Gasteiger partial charge in [0.05, 0.1) is 7.11 Å². The molecule has 1 amide bonds. The highest BCUT2D eigenvalue weighted by Gasteiger charge is 2.09. The third-order valence-electron chi connectivity index (χ3n) is 2.59. The van der Waals surface area contributed by atoms with Gasteiger partial charge in [0.25, 0.3) is 5.91 Å². The maximum atomic E-state index is 11.7. The van der Waals surface area contributed by atoms with Crippen LogP contribution in [0.4, 0.5) is 5.95 Å². The molecule has 1 heterocycles. The predicted octanol–water partition coefficient (Wildman–Crippen LogP) is 1.45. The lowest BCUT2D eigenvalue weighted by Crippen LogP contribution is -2.21. The van der Waals surface area contributed by atoms with Gasteiger partial charge in [-0.15, -0.1) is 5.10 Å². The van der Waals surface area contributed by atoms with Gasteiger partial charge in [-0.25, -0.2) is 5.10 Å². The van der Waals surface area contributed by atoms with Crippen molar-refractivity contribution in [1.29, 1.82) is 0 Å². The molecule has 7 nitrogen and oxygen atoms in total. The zero-order chi connectivity index (χ0) is 14.5. The van der Waals surface area contributed by atoms with E-state index in [-0.39, 0.29) is 24.5 Å². The number of rotatable bonds is 5. The van der Waals surface area contributed by atoms with Crippen LogP contribution in [0.2, 0.25) is 0 Å². The fourth-order valence-electron chi connectivity index (χ4n) is 1.67. The number of aryl methyl sites for hydroxylation is 2. The number of nitrogens with zero attached hydrogens (tertiary/aromatic N) is 2. The highest BCUT2D eigenvalue weighted by Crippen LogP contribution is 2.18. The van der Waals surface area contributed by atoms with Crippen molar-refractivity contribution in [2.24, 2.45) is 0 Å². The Kier molecular flexibility index (Phi) is 4.19. The first-order valence-corrected chi connectivity index (χ1v) is 6.05. The van der Waals surface area contributed by atoms with Gasteiger partial charge in [-0.2, -0.15) is 4.98 Å². The fourth-order valence-corrected chi connectivity index (χ4v) is 1.67. The van der Waals surface area contributed by atoms with Crippen molar-refractivity contribution in [3.05, 3.63) is 29.3 Å². The highest BCUT2D eigenvalue weighted by molar-refractivity contribution is 5.90. The van der Waals surface area contributed by atoms with Crippen LogP contribution in [0.25, 0.3) is 0 Å². The maximum Gasteiger partial charge on any atom is 0.336 e. The Morgan fingerprint density at radius 1 is 1.40 bits per heavy atom. The lowest BCUT2D eigenvalue weighted by molar-refractivity contribution is -0.118. The van der Waals surface area contributed by atoms with E-state index in [0.29, 0.717) is 5.75 Å². The molecule has 0 unspecified atom stereocenters. The van der Waals surface area contributed by atoms with Crippen molar-refractivity contribution in [2.75, 3.05) is 19.0 Å². The van der Waals surface area contributed by atoms with Gasteiger partial charge in [0.1, 0.15) is 5.75 Å². The molecule has 0 aliphatic carbocycles. The number of carbonyl (C=O) groups is 1. The number of carbonyl (C=O) groups excluding carboxylic acids is 1. The van der Waals surface area contributed by atoms with E-state index in [2.05, 4.69) is 20.5 Å².